The number of carbonyl (C=O) groups is 2. The van der Waals surface area contributed by atoms with Crippen LogP contribution < -0.4 is 5.32 Å². The fraction of sp³-hybridized carbons (Fsp3) is 0.125. The van der Waals surface area contributed by atoms with E-state index in [0.717, 1.165) is 12.1 Å². The van der Waals surface area contributed by atoms with Crippen molar-refractivity contribution < 1.29 is 24.2 Å². The second kappa shape index (κ2) is 7.38. The number of methoxy groups -OCH3 is 1. The predicted octanol–water partition coefficient (Wildman–Crippen LogP) is 2.85. The molecule has 0 spiro atoms. The van der Waals surface area contributed by atoms with Gasteiger partial charge in [0, 0.05) is 17.8 Å². The average Bonchev–Trinajstić information content (AvgIpc) is 2.61. The first-order chi connectivity index (χ1) is 12.2. The molecule has 0 radical (unpaired) electrons. The number of esters is 1. The third-order valence-corrected chi connectivity index (χ3v) is 3.57. The molecule has 0 bridgehead atoms. The molecule has 1 N–H and O–H groups in total. The summed E-state index contributed by atoms with van der Waals surface area (Å²) in [6.45, 7) is 1.24. The van der Waals surface area contributed by atoms with Gasteiger partial charge in [0.25, 0.3) is 17.3 Å². The Bertz CT molecular complexity index is 872. The Labute approximate surface area is 146 Å². The number of hydrogen-bond donors (Lipinski definition) is 1. The average molecular weight is 359 g/mol. The maximum atomic E-state index is 12.3. The molecule has 0 saturated carbocycles. The monoisotopic (exact) mass is 359 g/mol. The minimum Gasteiger partial charge on any atom is -0.465 e. The molecule has 0 fully saturated rings. The Kier molecular flexibility index (Phi) is 5.26. The zero-order valence-electron chi connectivity index (χ0n) is 13.7. The Hall–Kier alpha value is -3.82. The molecule has 2 aromatic carbocycles. The van der Waals surface area contributed by atoms with E-state index < -0.39 is 33.1 Å². The lowest BCUT2D eigenvalue weighted by atomic mass is 10.1. The second-order valence-electron chi connectivity index (χ2n) is 5.18. The van der Waals surface area contributed by atoms with Crippen molar-refractivity contribution in [2.24, 2.45) is 0 Å². The van der Waals surface area contributed by atoms with Gasteiger partial charge in [0.05, 0.1) is 28.1 Å². The third-order valence-electron chi connectivity index (χ3n) is 3.57. The summed E-state index contributed by atoms with van der Waals surface area (Å²) in [5.41, 5.74) is -0.846. The summed E-state index contributed by atoms with van der Waals surface area (Å²) in [6.07, 6.45) is 0. The van der Waals surface area contributed by atoms with Crippen molar-refractivity contribution in [1.82, 2.24) is 0 Å². The maximum absolute atomic E-state index is 12.3. The van der Waals surface area contributed by atoms with E-state index in [0.29, 0.717) is 5.69 Å². The van der Waals surface area contributed by atoms with E-state index in [-0.39, 0.29) is 16.7 Å². The summed E-state index contributed by atoms with van der Waals surface area (Å²) < 4.78 is 4.55. The van der Waals surface area contributed by atoms with Gasteiger partial charge in [0.1, 0.15) is 5.56 Å². The quantitative estimate of drug-likeness (QED) is 0.491. The van der Waals surface area contributed by atoms with Gasteiger partial charge in [-0.3, -0.25) is 25.0 Å². The number of benzene rings is 2. The van der Waals surface area contributed by atoms with E-state index in [9.17, 15) is 29.8 Å². The molecule has 0 atom stereocenters. The third kappa shape index (κ3) is 3.80. The van der Waals surface area contributed by atoms with Crippen LogP contribution >= 0.6 is 0 Å². The number of hydrogen-bond acceptors (Lipinski definition) is 7. The van der Waals surface area contributed by atoms with Crippen molar-refractivity contribution >= 4 is 28.9 Å². The van der Waals surface area contributed by atoms with E-state index in [1.54, 1.807) is 0 Å². The summed E-state index contributed by atoms with van der Waals surface area (Å²) in [5.74, 6) is -1.31. The highest BCUT2D eigenvalue weighted by atomic mass is 16.6. The minimum atomic E-state index is -0.787. The van der Waals surface area contributed by atoms with Gasteiger partial charge in [0.15, 0.2) is 0 Å². The first kappa shape index (κ1) is 18.5. The predicted molar refractivity (Wildman–Crippen MR) is 90.2 cm³/mol. The summed E-state index contributed by atoms with van der Waals surface area (Å²) in [7, 11) is 1.23. The molecule has 0 unspecified atom stereocenters. The summed E-state index contributed by atoms with van der Waals surface area (Å²) in [4.78, 5) is 44.2. The van der Waals surface area contributed by atoms with Gasteiger partial charge in [-0.25, -0.2) is 4.79 Å². The summed E-state index contributed by atoms with van der Waals surface area (Å²) in [5, 5.41) is 24.6. The highest BCUT2D eigenvalue weighted by Gasteiger charge is 2.25. The van der Waals surface area contributed by atoms with Gasteiger partial charge in [-0.2, -0.15) is 0 Å². The Morgan fingerprint density at radius 2 is 1.46 bits per heavy atom. The lowest BCUT2D eigenvalue weighted by molar-refractivity contribution is -0.395. The first-order valence-corrected chi connectivity index (χ1v) is 7.17. The minimum absolute atomic E-state index is 0.140. The number of nitrogens with one attached hydrogen (secondary N) is 1. The second-order valence-corrected chi connectivity index (χ2v) is 5.18. The molecular formula is C16H13N3O7. The molecule has 0 aliphatic heterocycles. The van der Waals surface area contributed by atoms with Crippen LogP contribution in [0.4, 0.5) is 17.1 Å². The number of carbonyl (C=O) groups excluding carboxylic acids is 2. The van der Waals surface area contributed by atoms with Crippen LogP contribution in [0.2, 0.25) is 0 Å². The van der Waals surface area contributed by atoms with Crippen LogP contribution in [0.25, 0.3) is 0 Å². The van der Waals surface area contributed by atoms with Crippen molar-refractivity contribution in [1.29, 1.82) is 0 Å². The normalized spacial score (nSPS) is 10.1. The van der Waals surface area contributed by atoms with Gasteiger partial charge < -0.3 is 10.1 Å². The zero-order chi connectivity index (χ0) is 19.4. The van der Waals surface area contributed by atoms with E-state index in [4.69, 9.17) is 0 Å². The van der Waals surface area contributed by atoms with E-state index >= 15 is 0 Å². The van der Waals surface area contributed by atoms with Crippen molar-refractivity contribution in [3.63, 3.8) is 0 Å². The lowest BCUT2D eigenvalue weighted by Crippen LogP contribution is -2.13. The van der Waals surface area contributed by atoms with Crippen molar-refractivity contribution in [3.8, 4) is 0 Å². The fourth-order valence-electron chi connectivity index (χ4n) is 2.21. The smallest absolute Gasteiger partial charge is 0.337 e. The topological polar surface area (TPSA) is 142 Å². The standard InChI is InChI=1S/C16H13N3O7/c1-9-13(18(22)23)7-11(8-14(9)19(24)25)15(20)17-12-5-3-10(4-6-12)16(21)26-2/h3-8H,1-2H3,(H,17,20). The molecule has 10 nitrogen and oxygen atoms in total. The molecular weight excluding hydrogens is 346 g/mol. The molecule has 134 valence electrons. The highest BCUT2D eigenvalue weighted by Crippen LogP contribution is 2.29. The molecule has 0 saturated heterocycles. The highest BCUT2D eigenvalue weighted by molar-refractivity contribution is 6.05. The zero-order valence-corrected chi connectivity index (χ0v) is 13.7. The van der Waals surface area contributed by atoms with Crippen LogP contribution in [0.1, 0.15) is 26.3 Å². The van der Waals surface area contributed by atoms with E-state index in [1.165, 1.54) is 38.3 Å². The molecule has 26 heavy (non-hydrogen) atoms. The number of anilines is 1. The molecule has 0 heterocycles. The van der Waals surface area contributed by atoms with Gasteiger partial charge in [-0.05, 0) is 31.2 Å². The van der Waals surface area contributed by atoms with Crippen LogP contribution in [0, 0.1) is 27.2 Å². The Morgan fingerprint density at radius 1 is 0.962 bits per heavy atom. The number of rotatable bonds is 5. The van der Waals surface area contributed by atoms with Crippen LogP contribution in [-0.2, 0) is 4.74 Å². The van der Waals surface area contributed by atoms with Crippen LogP contribution in [0.15, 0.2) is 36.4 Å². The molecule has 1 amide bonds. The van der Waals surface area contributed by atoms with Crippen molar-refractivity contribution in [2.45, 2.75) is 6.92 Å². The van der Waals surface area contributed by atoms with Crippen LogP contribution in [0.3, 0.4) is 0 Å². The number of ether oxygens (including phenoxy) is 1. The van der Waals surface area contributed by atoms with E-state index in [2.05, 4.69) is 10.1 Å². The fourth-order valence-corrected chi connectivity index (χ4v) is 2.21. The molecule has 10 heteroatoms. The summed E-state index contributed by atoms with van der Waals surface area (Å²) in [6, 6.07) is 7.65. The first-order valence-electron chi connectivity index (χ1n) is 7.17. The Morgan fingerprint density at radius 3 is 1.88 bits per heavy atom. The number of amides is 1. The van der Waals surface area contributed by atoms with Crippen molar-refractivity contribution in [2.75, 3.05) is 12.4 Å². The Balaban J connectivity index is 2.33. The molecule has 2 rings (SSSR count). The van der Waals surface area contributed by atoms with Crippen molar-refractivity contribution in [3.05, 3.63) is 73.3 Å². The van der Waals surface area contributed by atoms with Gasteiger partial charge in [-0.1, -0.05) is 0 Å². The number of nitrogens with zero attached hydrogens (tertiary/aromatic N) is 2. The largest absolute Gasteiger partial charge is 0.465 e. The van der Waals surface area contributed by atoms with Gasteiger partial charge >= 0.3 is 5.97 Å². The van der Waals surface area contributed by atoms with E-state index in [1.807, 2.05) is 0 Å². The molecule has 0 aliphatic carbocycles. The SMILES string of the molecule is COC(=O)c1ccc(NC(=O)c2cc([N+](=O)[O-])c(C)c([N+](=O)[O-])c2)cc1. The molecule has 2 aromatic rings. The number of nitro benzene ring substituents is 2. The maximum Gasteiger partial charge on any atom is 0.337 e. The summed E-state index contributed by atoms with van der Waals surface area (Å²) >= 11 is 0. The van der Waals surface area contributed by atoms with Gasteiger partial charge in [0.2, 0.25) is 0 Å². The molecule has 0 aliphatic rings. The lowest BCUT2D eigenvalue weighted by Gasteiger charge is -2.07. The van der Waals surface area contributed by atoms with Gasteiger partial charge in [-0.15, -0.1) is 0 Å². The number of nitro groups is 2. The molecule has 0 aromatic heterocycles. The van der Waals surface area contributed by atoms with Crippen LogP contribution in [-0.4, -0.2) is 28.8 Å². The van der Waals surface area contributed by atoms with Crippen LogP contribution in [0.5, 0.6) is 0 Å².